The maximum Gasteiger partial charge on any atom is 0.472 e. The third-order valence-electron chi connectivity index (χ3n) is 13.3. The van der Waals surface area contributed by atoms with Crippen molar-refractivity contribution in [2.75, 3.05) is 40.9 Å². The first-order valence-electron chi connectivity index (χ1n) is 29.5. The first kappa shape index (κ1) is 67.5. The van der Waals surface area contributed by atoms with Crippen LogP contribution in [0.25, 0.3) is 0 Å². The molecule has 0 aromatic heterocycles. The van der Waals surface area contributed by atoms with E-state index in [9.17, 15) is 19.4 Å². The maximum atomic E-state index is 13.0. The van der Waals surface area contributed by atoms with Crippen LogP contribution in [0, 0.1) is 0 Å². The number of nitrogens with one attached hydrogen (secondary N) is 1. The van der Waals surface area contributed by atoms with Crippen LogP contribution >= 0.6 is 7.82 Å². The van der Waals surface area contributed by atoms with Crippen LogP contribution in [0.5, 0.6) is 0 Å². The summed E-state index contributed by atoms with van der Waals surface area (Å²) in [7, 11) is 1.56. The van der Waals surface area contributed by atoms with Gasteiger partial charge in [-0.05, 0) is 64.2 Å². The monoisotopic (exact) mass is 992 g/mol. The summed E-state index contributed by atoms with van der Waals surface area (Å²) >= 11 is 0. The molecule has 0 heterocycles. The van der Waals surface area contributed by atoms with E-state index >= 15 is 0 Å². The number of aliphatic hydroxyl groups is 1. The zero-order chi connectivity index (χ0) is 50.6. The number of rotatable bonds is 54. The molecule has 1 amide bonds. The number of aliphatic hydroxyl groups excluding tert-OH is 1. The second-order valence-corrected chi connectivity index (χ2v) is 22.8. The van der Waals surface area contributed by atoms with Gasteiger partial charge >= 0.3 is 7.82 Å². The van der Waals surface area contributed by atoms with Crippen molar-refractivity contribution in [2.24, 2.45) is 0 Å². The van der Waals surface area contributed by atoms with E-state index in [0.29, 0.717) is 17.4 Å². The normalized spacial score (nSPS) is 14.2. The Morgan fingerprint density at radius 3 is 1.25 bits per heavy atom. The van der Waals surface area contributed by atoms with Gasteiger partial charge in [0.15, 0.2) is 0 Å². The number of hydrogen-bond acceptors (Lipinski definition) is 5. The number of amides is 1. The van der Waals surface area contributed by atoms with Crippen molar-refractivity contribution in [1.82, 2.24) is 5.32 Å². The summed E-state index contributed by atoms with van der Waals surface area (Å²) in [6, 6.07) is -0.866. The highest BCUT2D eigenvalue weighted by Crippen LogP contribution is 2.43. The maximum absolute atomic E-state index is 13.0. The van der Waals surface area contributed by atoms with Gasteiger partial charge in [0, 0.05) is 6.42 Å². The summed E-state index contributed by atoms with van der Waals surface area (Å²) in [5.74, 6) is -0.187. The quantitative estimate of drug-likeness (QED) is 0.0243. The van der Waals surface area contributed by atoms with Crippen molar-refractivity contribution < 1.29 is 32.9 Å². The predicted octanol–water partition coefficient (Wildman–Crippen LogP) is 17.9. The van der Waals surface area contributed by atoms with E-state index < -0.39 is 20.0 Å². The fourth-order valence-corrected chi connectivity index (χ4v) is 9.36. The van der Waals surface area contributed by atoms with Gasteiger partial charge in [0.2, 0.25) is 5.91 Å². The van der Waals surface area contributed by atoms with Crippen molar-refractivity contribution in [1.29, 1.82) is 0 Å². The van der Waals surface area contributed by atoms with E-state index in [1.165, 1.54) is 212 Å². The van der Waals surface area contributed by atoms with Crippen molar-refractivity contribution in [3.8, 4) is 0 Å². The third-order valence-corrected chi connectivity index (χ3v) is 14.3. The highest BCUT2D eigenvalue weighted by atomic mass is 31.2. The van der Waals surface area contributed by atoms with Crippen LogP contribution in [0.4, 0.5) is 0 Å². The van der Waals surface area contributed by atoms with Crippen molar-refractivity contribution in [2.45, 2.75) is 289 Å². The minimum Gasteiger partial charge on any atom is -0.387 e. The van der Waals surface area contributed by atoms with Gasteiger partial charge in [-0.15, -0.1) is 0 Å². The summed E-state index contributed by atoms with van der Waals surface area (Å²) < 4.78 is 23.7. The first-order chi connectivity index (χ1) is 33.5. The van der Waals surface area contributed by atoms with Gasteiger partial charge in [-0.2, -0.15) is 0 Å². The molecular weight excluding hydrogens is 876 g/mol. The van der Waals surface area contributed by atoms with Gasteiger partial charge < -0.3 is 19.8 Å². The Bertz CT molecular complexity index is 1260. The smallest absolute Gasteiger partial charge is 0.387 e. The standard InChI is InChI=1S/C60H115N2O6P/c1-6-8-10-12-14-16-18-20-22-24-26-28-29-30-31-32-33-34-36-38-40-42-44-46-48-50-52-54-60(64)61-58(57-68-69(65,66)67-56-55-62(3,4)5)59(63)53-51-49-47-45-43-41-39-37-35-27-25-23-21-19-17-15-13-11-9-7-2/h26,28,30-31,43,45,51,53,58-59,63H,6-25,27,29,32-42,44,46-50,52,54-57H2,1-5H3,(H-,61,64,65,66)/p+1/b28-26-,31-30-,45-43+,53-51+. The predicted molar refractivity (Wildman–Crippen MR) is 300 cm³/mol. The molecule has 0 radical (unpaired) electrons. The van der Waals surface area contributed by atoms with E-state index in [-0.39, 0.29) is 19.1 Å². The summed E-state index contributed by atoms with van der Waals surface area (Å²) in [5.41, 5.74) is 0. The summed E-state index contributed by atoms with van der Waals surface area (Å²) in [4.78, 5) is 23.3. The van der Waals surface area contributed by atoms with Crippen LogP contribution in [0.1, 0.15) is 277 Å². The molecule has 0 saturated heterocycles. The molecule has 69 heavy (non-hydrogen) atoms. The number of phosphoric ester groups is 1. The van der Waals surface area contributed by atoms with Crippen molar-refractivity contribution in [3.63, 3.8) is 0 Å². The Morgan fingerprint density at radius 2 is 0.841 bits per heavy atom. The lowest BCUT2D eigenvalue weighted by atomic mass is 10.0. The second kappa shape index (κ2) is 51.4. The average molecular weight is 993 g/mol. The Hall–Kier alpha value is -1.54. The molecule has 9 heteroatoms. The minimum atomic E-state index is -4.36. The highest BCUT2D eigenvalue weighted by Gasteiger charge is 2.27. The van der Waals surface area contributed by atoms with E-state index in [1.807, 2.05) is 27.2 Å². The fraction of sp³-hybridized carbons (Fsp3) is 0.850. The average Bonchev–Trinajstić information content (AvgIpc) is 3.31. The molecule has 3 atom stereocenters. The van der Waals surface area contributed by atoms with E-state index in [4.69, 9.17) is 9.05 Å². The van der Waals surface area contributed by atoms with Crippen LogP contribution < -0.4 is 5.32 Å². The lowest BCUT2D eigenvalue weighted by Gasteiger charge is -2.25. The number of unbranched alkanes of at least 4 members (excludes halogenated alkanes) is 35. The van der Waals surface area contributed by atoms with E-state index in [1.54, 1.807) is 6.08 Å². The zero-order valence-corrected chi connectivity index (χ0v) is 47.2. The Kier molecular flexibility index (Phi) is 50.2. The number of likely N-dealkylation sites (N-methyl/N-ethyl adjacent to an activating group) is 1. The molecule has 0 aliphatic carbocycles. The summed E-state index contributed by atoms with van der Waals surface area (Å²) in [6.07, 6.45) is 67.9. The van der Waals surface area contributed by atoms with Gasteiger partial charge in [0.1, 0.15) is 13.2 Å². The number of hydrogen-bond donors (Lipinski definition) is 3. The largest absolute Gasteiger partial charge is 0.472 e. The van der Waals surface area contributed by atoms with Gasteiger partial charge in [-0.25, -0.2) is 4.57 Å². The molecule has 0 aromatic carbocycles. The molecule has 0 aliphatic heterocycles. The molecule has 406 valence electrons. The minimum absolute atomic E-state index is 0.0553. The number of quaternary nitrogens is 1. The topological polar surface area (TPSA) is 105 Å². The molecule has 0 rings (SSSR count). The zero-order valence-electron chi connectivity index (χ0n) is 46.3. The summed E-state index contributed by atoms with van der Waals surface area (Å²) in [6.45, 7) is 4.82. The van der Waals surface area contributed by atoms with Crippen LogP contribution in [0.15, 0.2) is 48.6 Å². The highest BCUT2D eigenvalue weighted by molar-refractivity contribution is 7.47. The van der Waals surface area contributed by atoms with Gasteiger partial charge in [0.05, 0.1) is 39.9 Å². The van der Waals surface area contributed by atoms with Crippen molar-refractivity contribution in [3.05, 3.63) is 48.6 Å². The van der Waals surface area contributed by atoms with Crippen LogP contribution in [-0.4, -0.2) is 73.4 Å². The number of carbonyl (C=O) groups excluding carboxylic acids is 1. The number of nitrogens with zero attached hydrogens (tertiary/aromatic N) is 1. The van der Waals surface area contributed by atoms with Gasteiger partial charge in [-0.3, -0.25) is 13.8 Å². The first-order valence-corrected chi connectivity index (χ1v) is 31.0. The van der Waals surface area contributed by atoms with E-state index in [2.05, 4.69) is 55.6 Å². The fourth-order valence-electron chi connectivity index (χ4n) is 8.62. The number of allylic oxidation sites excluding steroid dienone is 7. The molecule has 0 spiro atoms. The third kappa shape index (κ3) is 54.1. The van der Waals surface area contributed by atoms with Crippen LogP contribution in [0.3, 0.4) is 0 Å². The Labute approximate surface area is 429 Å². The molecular formula is C60H116N2O6P+. The summed E-state index contributed by atoms with van der Waals surface area (Å²) in [5, 5.41) is 13.9. The van der Waals surface area contributed by atoms with Crippen LogP contribution in [0.2, 0.25) is 0 Å². The molecule has 0 fully saturated rings. The Balaban J connectivity index is 4.22. The molecule has 8 nitrogen and oxygen atoms in total. The van der Waals surface area contributed by atoms with Gasteiger partial charge in [0.25, 0.3) is 0 Å². The van der Waals surface area contributed by atoms with Crippen LogP contribution in [-0.2, 0) is 18.4 Å². The van der Waals surface area contributed by atoms with Crippen molar-refractivity contribution >= 4 is 13.7 Å². The number of carbonyl (C=O) groups is 1. The molecule has 0 aromatic rings. The lowest BCUT2D eigenvalue weighted by molar-refractivity contribution is -0.870. The Morgan fingerprint density at radius 1 is 0.493 bits per heavy atom. The number of phosphoric acid groups is 1. The molecule has 0 bridgehead atoms. The lowest BCUT2D eigenvalue weighted by Crippen LogP contribution is -2.45. The second-order valence-electron chi connectivity index (χ2n) is 21.4. The van der Waals surface area contributed by atoms with E-state index in [0.717, 1.165) is 44.9 Å². The van der Waals surface area contributed by atoms with Gasteiger partial charge in [-0.1, -0.05) is 255 Å². The molecule has 0 saturated carbocycles. The SMILES string of the molecule is CCCCCCCCCCC/C=C\C/C=C\CCCCCCCCCCCCCC(=O)NC(COP(=O)(O)OCC[N+](C)(C)C)C(O)/C=C/CC/C=C/CCCCCCCCCCCCCCCC. The molecule has 3 N–H and O–H groups in total. The molecule has 3 unspecified atom stereocenters. The molecule has 0 aliphatic rings.